The summed E-state index contributed by atoms with van der Waals surface area (Å²) in [6.45, 7) is 18.9. The monoisotopic (exact) mass is 655 g/mol. The van der Waals surface area contributed by atoms with E-state index in [-0.39, 0.29) is 11.0 Å². The molecule has 2 fully saturated rings. The van der Waals surface area contributed by atoms with Crippen LogP contribution in [-0.4, -0.2) is 98.2 Å². The molecule has 1 aliphatic carbocycles. The fourth-order valence-corrected chi connectivity index (χ4v) is 7.47. The summed E-state index contributed by atoms with van der Waals surface area (Å²) in [5, 5.41) is 3.43. The van der Waals surface area contributed by atoms with Crippen molar-refractivity contribution in [3.63, 3.8) is 0 Å². The number of carbonyl (C=O) groups is 2. The van der Waals surface area contributed by atoms with Crippen LogP contribution in [-0.2, 0) is 38.0 Å². The van der Waals surface area contributed by atoms with Gasteiger partial charge in [-0.25, -0.2) is 10.0 Å². The third kappa shape index (κ3) is 10.6. The van der Waals surface area contributed by atoms with E-state index >= 15 is 0 Å². The molecule has 10 heteroatoms. The molecule has 260 valence electrons. The van der Waals surface area contributed by atoms with E-state index in [1.54, 1.807) is 7.11 Å². The minimum atomic E-state index is -1.20. The number of esters is 1. The minimum Gasteiger partial charge on any atom is -0.450 e. The van der Waals surface area contributed by atoms with Crippen molar-refractivity contribution in [1.29, 1.82) is 0 Å². The van der Waals surface area contributed by atoms with Crippen molar-refractivity contribution in [2.24, 2.45) is 11.3 Å². The van der Waals surface area contributed by atoms with Crippen LogP contribution < -0.4 is 5.32 Å². The first kappa shape index (κ1) is 38.2. The third-order valence-corrected chi connectivity index (χ3v) is 9.20. The zero-order chi connectivity index (χ0) is 34.0. The maximum atomic E-state index is 13.7. The van der Waals surface area contributed by atoms with Crippen LogP contribution in [0.2, 0.25) is 0 Å². The lowest BCUT2D eigenvalue weighted by atomic mass is 9.79. The van der Waals surface area contributed by atoms with Gasteiger partial charge in [0.2, 0.25) is 0 Å². The van der Waals surface area contributed by atoms with E-state index < -0.39 is 58.0 Å². The molecule has 8 unspecified atom stereocenters. The van der Waals surface area contributed by atoms with Gasteiger partial charge < -0.3 is 28.4 Å². The Labute approximate surface area is 273 Å². The van der Waals surface area contributed by atoms with Crippen molar-refractivity contribution in [3.8, 4) is 0 Å². The van der Waals surface area contributed by atoms with Gasteiger partial charge in [-0.05, 0) is 89.6 Å². The van der Waals surface area contributed by atoms with Gasteiger partial charge in [0.05, 0.1) is 18.6 Å². The standard InChI is InChI=1S/C35H61NO8S/c1-23-18-25(15-14-24(23)16-17-40-22-45(11,12)13)35(9)43-26-19-28(44-35)42-30(29(26)39-10)27(20-37)41-31(38)34(8,21-32(2,3)4)36-33(5,6)7/h14-15,20,23,26-30,36H,16-19,21-22H2,1-13H3. The summed E-state index contributed by atoms with van der Waals surface area (Å²) in [4.78, 5) is 26.2. The Balaban J connectivity index is 1.74. The molecule has 0 spiro atoms. The number of fused-ring (bicyclic) bond motifs is 2. The molecule has 2 bridgehead atoms. The van der Waals surface area contributed by atoms with Crippen LogP contribution in [0.5, 0.6) is 0 Å². The molecule has 3 aliphatic rings. The second-order valence-corrected chi connectivity index (χ2v) is 21.0. The normalized spacial score (nSPS) is 31.7. The Morgan fingerprint density at radius 2 is 1.80 bits per heavy atom. The van der Waals surface area contributed by atoms with Crippen LogP contribution >= 0.6 is 10.0 Å². The summed E-state index contributed by atoms with van der Waals surface area (Å²) >= 11 is 0. The summed E-state index contributed by atoms with van der Waals surface area (Å²) in [6, 6.07) is 0. The van der Waals surface area contributed by atoms with Crippen LogP contribution in [0.1, 0.15) is 88.0 Å². The van der Waals surface area contributed by atoms with Gasteiger partial charge in [0, 0.05) is 19.1 Å². The molecule has 2 saturated heterocycles. The predicted molar refractivity (Wildman–Crippen MR) is 180 cm³/mol. The molecule has 9 nitrogen and oxygen atoms in total. The Morgan fingerprint density at radius 3 is 2.33 bits per heavy atom. The first-order chi connectivity index (χ1) is 20.6. The average Bonchev–Trinajstić information content (AvgIpc) is 2.87. The average molecular weight is 656 g/mol. The van der Waals surface area contributed by atoms with Gasteiger partial charge >= 0.3 is 5.97 Å². The van der Waals surface area contributed by atoms with Gasteiger partial charge in [-0.1, -0.05) is 45.4 Å². The largest absolute Gasteiger partial charge is 0.450 e. The lowest BCUT2D eigenvalue weighted by Gasteiger charge is -2.52. The number of allylic oxidation sites excluding steroid dienone is 2. The Morgan fingerprint density at radius 1 is 1.13 bits per heavy atom. The number of ether oxygens (including phenoxy) is 6. The van der Waals surface area contributed by atoms with Crippen LogP contribution in [0.25, 0.3) is 0 Å². The molecule has 8 atom stereocenters. The van der Waals surface area contributed by atoms with Gasteiger partial charge in [-0.3, -0.25) is 14.9 Å². The second kappa shape index (κ2) is 14.5. The maximum Gasteiger partial charge on any atom is 0.326 e. The van der Waals surface area contributed by atoms with Gasteiger partial charge in [-0.15, -0.1) is 0 Å². The van der Waals surface area contributed by atoms with Gasteiger partial charge in [-0.2, -0.15) is 0 Å². The quantitative estimate of drug-likeness (QED) is 0.148. The number of methoxy groups -OCH3 is 1. The van der Waals surface area contributed by atoms with Crippen LogP contribution in [0.3, 0.4) is 0 Å². The molecule has 0 aromatic rings. The molecule has 0 saturated carbocycles. The molecular formula is C35H61NO8S. The number of hydrogen-bond donors (Lipinski definition) is 1. The van der Waals surface area contributed by atoms with Crippen molar-refractivity contribution in [2.45, 2.75) is 136 Å². The molecule has 0 amide bonds. The summed E-state index contributed by atoms with van der Waals surface area (Å²) < 4.78 is 37.2. The van der Waals surface area contributed by atoms with E-state index in [1.807, 2.05) is 34.6 Å². The molecule has 0 radical (unpaired) electrons. The Kier molecular flexibility index (Phi) is 12.3. The van der Waals surface area contributed by atoms with Crippen LogP contribution in [0.4, 0.5) is 0 Å². The van der Waals surface area contributed by atoms with E-state index in [2.05, 4.69) is 63.9 Å². The Hall–Kier alpha value is -1.27. The van der Waals surface area contributed by atoms with E-state index in [0.29, 0.717) is 31.7 Å². The molecule has 2 aliphatic heterocycles. The van der Waals surface area contributed by atoms with Gasteiger partial charge in [0.1, 0.15) is 17.7 Å². The maximum absolute atomic E-state index is 13.7. The molecular weight excluding hydrogens is 594 g/mol. The van der Waals surface area contributed by atoms with E-state index in [9.17, 15) is 9.59 Å². The smallest absolute Gasteiger partial charge is 0.326 e. The first-order valence-corrected chi connectivity index (χ1v) is 19.2. The van der Waals surface area contributed by atoms with Crippen LogP contribution in [0, 0.1) is 11.3 Å². The number of nitrogens with one attached hydrogen (secondary N) is 1. The van der Waals surface area contributed by atoms with E-state index in [1.165, 1.54) is 5.57 Å². The van der Waals surface area contributed by atoms with Crippen molar-refractivity contribution >= 4 is 22.3 Å². The highest BCUT2D eigenvalue weighted by Crippen LogP contribution is 2.44. The van der Waals surface area contributed by atoms with Gasteiger partial charge in [0.25, 0.3) is 0 Å². The Bertz CT molecular complexity index is 1080. The van der Waals surface area contributed by atoms with E-state index in [0.717, 1.165) is 24.4 Å². The lowest BCUT2D eigenvalue weighted by Crippen LogP contribution is -2.64. The van der Waals surface area contributed by atoms with E-state index in [4.69, 9.17) is 28.4 Å². The second-order valence-electron chi connectivity index (χ2n) is 16.5. The molecule has 3 rings (SSSR count). The van der Waals surface area contributed by atoms with Crippen molar-refractivity contribution < 1.29 is 38.0 Å². The number of carbonyl (C=O) groups excluding carboxylic acids is 2. The summed E-state index contributed by atoms with van der Waals surface area (Å²) in [5.74, 6) is -0.406. The van der Waals surface area contributed by atoms with Crippen molar-refractivity contribution in [1.82, 2.24) is 5.32 Å². The number of aldehydes is 1. The van der Waals surface area contributed by atoms with Gasteiger partial charge in [0.15, 0.2) is 24.5 Å². The highest BCUT2D eigenvalue weighted by molar-refractivity contribution is 8.32. The topological polar surface area (TPSA) is 102 Å². The van der Waals surface area contributed by atoms with Crippen molar-refractivity contribution in [3.05, 3.63) is 23.3 Å². The summed E-state index contributed by atoms with van der Waals surface area (Å²) in [5.41, 5.74) is 0.799. The fourth-order valence-electron chi connectivity index (χ4n) is 6.85. The number of hydrogen-bond acceptors (Lipinski definition) is 9. The molecule has 2 heterocycles. The summed E-state index contributed by atoms with van der Waals surface area (Å²) in [7, 11) is 0.882. The molecule has 45 heavy (non-hydrogen) atoms. The first-order valence-electron chi connectivity index (χ1n) is 16.2. The molecule has 0 aromatic carbocycles. The third-order valence-electron chi connectivity index (χ3n) is 8.33. The van der Waals surface area contributed by atoms with Crippen LogP contribution in [0.15, 0.2) is 23.3 Å². The summed E-state index contributed by atoms with van der Waals surface area (Å²) in [6.07, 6.45) is 10.4. The number of rotatable bonds is 13. The minimum absolute atomic E-state index is 0.176. The molecule has 0 aromatic heterocycles. The van der Waals surface area contributed by atoms with Crippen molar-refractivity contribution in [2.75, 3.05) is 38.4 Å². The SMILES string of the molecule is COC1C2CC(OC1C(C=O)OC(=O)C(C)(CC(C)(C)C)NC(C)(C)C)OC(C)(C1=CC=C(CCOCS(C)(C)C)C(C)C1)O2. The zero-order valence-corrected chi connectivity index (χ0v) is 30.9. The lowest BCUT2D eigenvalue weighted by molar-refractivity contribution is -0.400. The highest BCUT2D eigenvalue weighted by atomic mass is 32.3. The highest BCUT2D eigenvalue weighted by Gasteiger charge is 2.54. The fraction of sp³-hybridized carbons (Fsp3) is 0.829. The zero-order valence-electron chi connectivity index (χ0n) is 30.1. The molecule has 1 N–H and O–H groups in total. The predicted octanol–water partition coefficient (Wildman–Crippen LogP) is 5.89.